The molecular weight excluding hydrogens is 354 g/mol. The minimum atomic E-state index is -0.621. The molecule has 0 spiro atoms. The van der Waals surface area contributed by atoms with Gasteiger partial charge >= 0.3 is 0 Å². The van der Waals surface area contributed by atoms with Gasteiger partial charge in [0.2, 0.25) is 5.13 Å². The number of rotatable bonds is 7. The van der Waals surface area contributed by atoms with E-state index in [-0.39, 0.29) is 5.91 Å². The highest BCUT2D eigenvalue weighted by Gasteiger charge is 2.19. The summed E-state index contributed by atoms with van der Waals surface area (Å²) in [5.41, 5.74) is 2.20. The Kier molecular flexibility index (Phi) is 6.84. The van der Waals surface area contributed by atoms with Crippen LogP contribution in [-0.2, 0) is 4.79 Å². The van der Waals surface area contributed by atoms with Gasteiger partial charge in [0.25, 0.3) is 5.91 Å². The summed E-state index contributed by atoms with van der Waals surface area (Å²) in [6.45, 7) is 12.2. The van der Waals surface area contributed by atoms with Crippen molar-refractivity contribution in [3.8, 4) is 5.75 Å². The number of aryl methyl sites for hydroxylation is 1. The van der Waals surface area contributed by atoms with Crippen molar-refractivity contribution in [2.24, 2.45) is 0 Å². The number of ether oxygens (including phenoxy) is 1. The number of nitrogens with zero attached hydrogens (tertiary/aromatic N) is 2. The second-order valence-electron chi connectivity index (χ2n) is 6.49. The van der Waals surface area contributed by atoms with Crippen LogP contribution in [0.15, 0.2) is 22.5 Å². The van der Waals surface area contributed by atoms with Crippen LogP contribution in [0.2, 0.25) is 0 Å². The summed E-state index contributed by atoms with van der Waals surface area (Å²) in [5, 5.41) is 11.8. The Labute approximate surface area is 157 Å². The number of carbonyl (C=O) groups is 1. The number of aromatic nitrogens is 2. The molecule has 1 heterocycles. The van der Waals surface area contributed by atoms with Gasteiger partial charge in [-0.05, 0) is 37.0 Å². The van der Waals surface area contributed by atoms with Crippen molar-refractivity contribution in [2.45, 2.75) is 63.2 Å². The van der Waals surface area contributed by atoms with E-state index < -0.39 is 6.10 Å². The molecule has 7 heteroatoms. The molecule has 1 aromatic carbocycles. The number of carbonyl (C=O) groups excluding carboxylic acids is 1. The second-order valence-corrected chi connectivity index (χ2v) is 9.29. The first kappa shape index (κ1) is 19.7. The number of nitrogens with one attached hydrogen (secondary N) is 1. The molecule has 0 aliphatic rings. The summed E-state index contributed by atoms with van der Waals surface area (Å²) in [7, 11) is 0. The molecular formula is C18H25N3O2S2. The highest BCUT2D eigenvalue weighted by Crippen LogP contribution is 2.30. The molecule has 0 aliphatic carbocycles. The van der Waals surface area contributed by atoms with Crippen molar-refractivity contribution in [1.29, 1.82) is 0 Å². The van der Waals surface area contributed by atoms with Crippen LogP contribution in [0.25, 0.3) is 0 Å². The molecule has 1 N–H and O–H groups in total. The minimum Gasteiger partial charge on any atom is -0.481 e. The zero-order chi connectivity index (χ0) is 18.6. The predicted octanol–water partition coefficient (Wildman–Crippen LogP) is 4.88. The van der Waals surface area contributed by atoms with E-state index >= 15 is 0 Å². The number of amides is 1. The van der Waals surface area contributed by atoms with Crippen LogP contribution >= 0.6 is 23.1 Å². The molecule has 0 radical (unpaired) electrons. The molecule has 2 aromatic rings. The standard InChI is InChI=1S/C18H25N3O2S2/c1-10(2)14-8-7-12(5)9-15(14)23-13(6)16(22)19-17-20-21-18(25-17)24-11(3)4/h7-11,13H,1-6H3,(H,19,20,22)/t13-/m1/s1. The normalized spacial score (nSPS) is 12.5. The van der Waals surface area contributed by atoms with Crippen molar-refractivity contribution in [2.75, 3.05) is 5.32 Å². The Hall–Kier alpha value is -1.60. The molecule has 0 saturated carbocycles. The van der Waals surface area contributed by atoms with Gasteiger partial charge in [-0.15, -0.1) is 10.2 Å². The van der Waals surface area contributed by atoms with Crippen molar-refractivity contribution >= 4 is 34.1 Å². The Bertz CT molecular complexity index is 729. The van der Waals surface area contributed by atoms with Crippen LogP contribution in [0.5, 0.6) is 5.75 Å². The van der Waals surface area contributed by atoms with Crippen molar-refractivity contribution < 1.29 is 9.53 Å². The van der Waals surface area contributed by atoms with Crippen LogP contribution in [-0.4, -0.2) is 27.5 Å². The third-order valence-electron chi connectivity index (χ3n) is 3.44. The van der Waals surface area contributed by atoms with Crippen LogP contribution in [0.3, 0.4) is 0 Å². The summed E-state index contributed by atoms with van der Waals surface area (Å²) >= 11 is 3.00. The fourth-order valence-corrected chi connectivity index (χ4v) is 4.16. The molecule has 5 nitrogen and oxygen atoms in total. The Morgan fingerprint density at radius 1 is 1.20 bits per heavy atom. The maximum atomic E-state index is 12.4. The Balaban J connectivity index is 2.03. The molecule has 0 saturated heterocycles. The second kappa shape index (κ2) is 8.67. The van der Waals surface area contributed by atoms with E-state index in [2.05, 4.69) is 55.3 Å². The Morgan fingerprint density at radius 2 is 1.92 bits per heavy atom. The highest BCUT2D eigenvalue weighted by molar-refractivity contribution is 8.01. The molecule has 1 aromatic heterocycles. The monoisotopic (exact) mass is 379 g/mol. The first-order valence-corrected chi connectivity index (χ1v) is 10.0. The topological polar surface area (TPSA) is 64.1 Å². The van der Waals surface area contributed by atoms with E-state index in [4.69, 9.17) is 4.74 Å². The van der Waals surface area contributed by atoms with Crippen molar-refractivity contribution in [3.05, 3.63) is 29.3 Å². The number of anilines is 1. The van der Waals surface area contributed by atoms with E-state index in [9.17, 15) is 4.79 Å². The van der Waals surface area contributed by atoms with E-state index in [1.165, 1.54) is 11.3 Å². The lowest BCUT2D eigenvalue weighted by Crippen LogP contribution is -2.30. The fraction of sp³-hybridized carbons (Fsp3) is 0.500. The third-order valence-corrected chi connectivity index (χ3v) is 5.36. The first-order valence-electron chi connectivity index (χ1n) is 8.34. The van der Waals surface area contributed by atoms with Gasteiger partial charge in [-0.1, -0.05) is 62.9 Å². The molecule has 25 heavy (non-hydrogen) atoms. The molecule has 2 rings (SSSR count). The molecule has 136 valence electrons. The summed E-state index contributed by atoms with van der Waals surface area (Å²) in [6, 6.07) is 6.09. The molecule has 0 aliphatic heterocycles. The molecule has 1 amide bonds. The van der Waals surface area contributed by atoms with Gasteiger partial charge in [-0.3, -0.25) is 10.1 Å². The SMILES string of the molecule is Cc1ccc(C(C)C)c(O[C@H](C)C(=O)Nc2nnc(SC(C)C)s2)c1. The Morgan fingerprint density at radius 3 is 2.56 bits per heavy atom. The summed E-state index contributed by atoms with van der Waals surface area (Å²) < 4.78 is 6.78. The molecule has 0 unspecified atom stereocenters. The average molecular weight is 380 g/mol. The van der Waals surface area contributed by atoms with Crippen LogP contribution in [0.1, 0.15) is 51.7 Å². The summed E-state index contributed by atoms with van der Waals surface area (Å²) in [6.07, 6.45) is -0.621. The van der Waals surface area contributed by atoms with E-state index in [0.29, 0.717) is 16.3 Å². The van der Waals surface area contributed by atoms with Crippen LogP contribution < -0.4 is 10.1 Å². The van der Waals surface area contributed by atoms with Crippen LogP contribution in [0.4, 0.5) is 5.13 Å². The van der Waals surface area contributed by atoms with E-state index in [1.54, 1.807) is 18.7 Å². The minimum absolute atomic E-state index is 0.228. The van der Waals surface area contributed by atoms with Gasteiger partial charge in [0, 0.05) is 5.25 Å². The molecule has 0 fully saturated rings. The zero-order valence-corrected chi connectivity index (χ0v) is 17.1. The fourth-order valence-electron chi connectivity index (χ4n) is 2.18. The number of hydrogen-bond donors (Lipinski definition) is 1. The lowest BCUT2D eigenvalue weighted by atomic mass is 10.0. The largest absolute Gasteiger partial charge is 0.481 e. The van der Waals surface area contributed by atoms with Crippen LogP contribution in [0, 0.1) is 6.92 Å². The smallest absolute Gasteiger partial charge is 0.266 e. The van der Waals surface area contributed by atoms with Gasteiger partial charge in [0.05, 0.1) is 0 Å². The van der Waals surface area contributed by atoms with Gasteiger partial charge < -0.3 is 4.74 Å². The molecule has 1 atom stereocenters. The van der Waals surface area contributed by atoms with E-state index in [1.807, 2.05) is 13.0 Å². The highest BCUT2D eigenvalue weighted by atomic mass is 32.2. The quantitative estimate of drug-likeness (QED) is 0.549. The number of benzene rings is 1. The number of thioether (sulfide) groups is 1. The maximum Gasteiger partial charge on any atom is 0.266 e. The third kappa shape index (κ3) is 5.71. The number of hydrogen-bond acceptors (Lipinski definition) is 6. The first-order chi connectivity index (χ1) is 11.8. The zero-order valence-electron chi connectivity index (χ0n) is 15.5. The lowest BCUT2D eigenvalue weighted by molar-refractivity contribution is -0.122. The van der Waals surface area contributed by atoms with E-state index in [0.717, 1.165) is 21.2 Å². The average Bonchev–Trinajstić information content (AvgIpc) is 2.93. The van der Waals surface area contributed by atoms with Crippen molar-refractivity contribution in [1.82, 2.24) is 10.2 Å². The predicted molar refractivity (Wildman–Crippen MR) is 105 cm³/mol. The van der Waals surface area contributed by atoms with Gasteiger partial charge in [-0.25, -0.2) is 0 Å². The summed E-state index contributed by atoms with van der Waals surface area (Å²) in [4.78, 5) is 12.4. The van der Waals surface area contributed by atoms with Gasteiger partial charge in [-0.2, -0.15) is 0 Å². The molecule has 0 bridgehead atoms. The van der Waals surface area contributed by atoms with Crippen molar-refractivity contribution in [3.63, 3.8) is 0 Å². The lowest BCUT2D eigenvalue weighted by Gasteiger charge is -2.18. The maximum absolute atomic E-state index is 12.4. The summed E-state index contributed by atoms with van der Waals surface area (Å²) in [5.74, 6) is 0.851. The van der Waals surface area contributed by atoms with Gasteiger partial charge in [0.1, 0.15) is 5.75 Å². The van der Waals surface area contributed by atoms with Gasteiger partial charge in [0.15, 0.2) is 10.4 Å².